The van der Waals surface area contributed by atoms with E-state index in [1.807, 2.05) is 24.3 Å². The molecule has 3 aromatic rings. The first kappa shape index (κ1) is 21.2. The van der Waals surface area contributed by atoms with Crippen LogP contribution in [0.4, 0.5) is 14.9 Å². The lowest BCUT2D eigenvalue weighted by Gasteiger charge is -2.14. The Hall–Kier alpha value is -4.00. The molecule has 0 spiro atoms. The summed E-state index contributed by atoms with van der Waals surface area (Å²) in [7, 11) is 0. The fourth-order valence-corrected chi connectivity index (χ4v) is 3.92. The van der Waals surface area contributed by atoms with Crippen LogP contribution in [-0.2, 0) is 4.74 Å². The van der Waals surface area contributed by atoms with Crippen LogP contribution in [-0.4, -0.2) is 24.2 Å². The van der Waals surface area contributed by atoms with Crippen molar-refractivity contribution in [3.63, 3.8) is 0 Å². The third kappa shape index (κ3) is 4.37. The van der Waals surface area contributed by atoms with E-state index in [1.54, 1.807) is 6.08 Å². The molecular formula is C25H21FN2O4. The van der Waals surface area contributed by atoms with Gasteiger partial charge in [0.1, 0.15) is 6.61 Å². The number of hydrogen-bond donors (Lipinski definition) is 1. The molecule has 0 heterocycles. The fraction of sp³-hybridized carbons (Fsp3) is 0.160. The van der Waals surface area contributed by atoms with Crippen molar-refractivity contribution in [3.8, 4) is 11.1 Å². The second kappa shape index (κ2) is 9.43. The third-order valence-electron chi connectivity index (χ3n) is 5.43. The number of hydrogen-bond acceptors (Lipinski definition) is 4. The van der Waals surface area contributed by atoms with Crippen molar-refractivity contribution >= 4 is 17.9 Å². The third-order valence-corrected chi connectivity index (χ3v) is 5.43. The van der Waals surface area contributed by atoms with Crippen molar-refractivity contribution in [1.29, 1.82) is 0 Å². The van der Waals surface area contributed by atoms with Crippen LogP contribution in [0, 0.1) is 15.9 Å². The fourth-order valence-electron chi connectivity index (χ4n) is 3.92. The maximum absolute atomic E-state index is 14.0. The molecule has 7 heteroatoms. The number of nitrogens with zero attached hydrogens (tertiary/aromatic N) is 1. The largest absolute Gasteiger partial charge is 0.449 e. The zero-order valence-electron chi connectivity index (χ0n) is 17.2. The van der Waals surface area contributed by atoms with E-state index in [4.69, 9.17) is 4.74 Å². The van der Waals surface area contributed by atoms with Gasteiger partial charge in [-0.1, -0.05) is 72.8 Å². The number of amides is 1. The smallest absolute Gasteiger partial charge is 0.407 e. The maximum Gasteiger partial charge on any atom is 0.407 e. The molecule has 162 valence electrons. The lowest BCUT2D eigenvalue weighted by atomic mass is 9.98. The van der Waals surface area contributed by atoms with Crippen molar-refractivity contribution in [3.05, 3.63) is 105 Å². The highest BCUT2D eigenvalue weighted by Gasteiger charge is 2.28. The van der Waals surface area contributed by atoms with Gasteiger partial charge in [0, 0.05) is 24.1 Å². The van der Waals surface area contributed by atoms with Crippen molar-refractivity contribution < 1.29 is 18.8 Å². The number of nitrogens with one attached hydrogen (secondary N) is 1. The molecule has 3 aromatic carbocycles. The Labute approximate surface area is 184 Å². The Morgan fingerprint density at radius 3 is 2.34 bits per heavy atom. The Bertz CT molecular complexity index is 1150. The summed E-state index contributed by atoms with van der Waals surface area (Å²) in [6, 6.07) is 20.2. The van der Waals surface area contributed by atoms with Gasteiger partial charge in [-0.05, 0) is 28.7 Å². The summed E-state index contributed by atoms with van der Waals surface area (Å²) in [5.74, 6) is -0.886. The lowest BCUT2D eigenvalue weighted by Crippen LogP contribution is -2.26. The van der Waals surface area contributed by atoms with Crippen molar-refractivity contribution in [2.75, 3.05) is 13.2 Å². The Balaban J connectivity index is 1.28. The van der Waals surface area contributed by atoms with Crippen molar-refractivity contribution in [2.24, 2.45) is 0 Å². The Morgan fingerprint density at radius 1 is 1.03 bits per heavy atom. The average Bonchev–Trinajstić information content (AvgIpc) is 3.12. The number of ether oxygens (including phenoxy) is 1. The van der Waals surface area contributed by atoms with Gasteiger partial charge >= 0.3 is 11.8 Å². The highest BCUT2D eigenvalue weighted by Crippen LogP contribution is 2.44. The first-order chi connectivity index (χ1) is 15.6. The molecule has 0 fully saturated rings. The number of rotatable bonds is 7. The predicted molar refractivity (Wildman–Crippen MR) is 120 cm³/mol. The number of carbonyl (C=O) groups excluding carboxylic acids is 1. The van der Waals surface area contributed by atoms with E-state index in [2.05, 4.69) is 29.6 Å². The van der Waals surface area contributed by atoms with Crippen LogP contribution in [0.5, 0.6) is 0 Å². The summed E-state index contributed by atoms with van der Waals surface area (Å²) >= 11 is 0. The van der Waals surface area contributed by atoms with Gasteiger partial charge in [-0.3, -0.25) is 10.1 Å². The second-order valence-corrected chi connectivity index (χ2v) is 7.38. The molecule has 0 aromatic heterocycles. The number of nitro groups is 1. The quantitative estimate of drug-likeness (QED) is 0.296. The molecule has 32 heavy (non-hydrogen) atoms. The van der Waals surface area contributed by atoms with E-state index in [9.17, 15) is 19.3 Å². The summed E-state index contributed by atoms with van der Waals surface area (Å²) in [6.45, 7) is 0.526. The number of halogens is 1. The zero-order valence-corrected chi connectivity index (χ0v) is 17.2. The van der Waals surface area contributed by atoms with Crippen LogP contribution in [0.15, 0.2) is 72.8 Å². The molecule has 0 saturated carbocycles. The molecular weight excluding hydrogens is 411 g/mol. The van der Waals surface area contributed by atoms with E-state index < -0.39 is 22.5 Å². The molecule has 1 aliphatic rings. The molecule has 0 radical (unpaired) electrons. The molecule has 4 rings (SSSR count). The second-order valence-electron chi connectivity index (χ2n) is 7.38. The lowest BCUT2D eigenvalue weighted by molar-refractivity contribution is -0.387. The minimum atomic E-state index is -0.877. The van der Waals surface area contributed by atoms with Crippen LogP contribution >= 0.6 is 0 Å². The van der Waals surface area contributed by atoms with Gasteiger partial charge in [-0.2, -0.15) is 4.39 Å². The molecule has 1 amide bonds. The molecule has 0 unspecified atom stereocenters. The molecule has 0 bridgehead atoms. The first-order valence-corrected chi connectivity index (χ1v) is 10.2. The summed E-state index contributed by atoms with van der Waals surface area (Å²) in [5.41, 5.74) is 4.17. The van der Waals surface area contributed by atoms with E-state index in [-0.39, 0.29) is 18.1 Å². The SMILES string of the molecule is O=C(NCCC=Cc1cccc([N+](=O)[O-])c1F)OCC1c2ccccc2-c2ccccc21. The Kier molecular flexibility index (Phi) is 6.26. The molecule has 0 saturated heterocycles. The number of alkyl carbamates (subject to hydrolysis) is 1. The summed E-state index contributed by atoms with van der Waals surface area (Å²) in [4.78, 5) is 22.2. The molecule has 1 N–H and O–H groups in total. The normalized spacial score (nSPS) is 12.4. The van der Waals surface area contributed by atoms with E-state index in [0.717, 1.165) is 28.3 Å². The summed E-state index contributed by atoms with van der Waals surface area (Å²) in [5, 5.41) is 13.5. The van der Waals surface area contributed by atoms with E-state index in [1.165, 1.54) is 18.2 Å². The highest BCUT2D eigenvalue weighted by molar-refractivity contribution is 5.79. The Morgan fingerprint density at radius 2 is 1.69 bits per heavy atom. The van der Waals surface area contributed by atoms with E-state index >= 15 is 0 Å². The van der Waals surface area contributed by atoms with Gasteiger partial charge in [-0.15, -0.1) is 0 Å². The number of benzene rings is 3. The maximum atomic E-state index is 14.0. The van der Waals surface area contributed by atoms with Crippen LogP contribution in [0.25, 0.3) is 17.2 Å². The summed E-state index contributed by atoms with van der Waals surface area (Å²) < 4.78 is 19.5. The molecule has 1 aliphatic carbocycles. The average molecular weight is 432 g/mol. The van der Waals surface area contributed by atoms with Gasteiger partial charge in [0.15, 0.2) is 0 Å². The molecule has 0 atom stereocenters. The number of fused-ring (bicyclic) bond motifs is 3. The van der Waals surface area contributed by atoms with E-state index in [0.29, 0.717) is 13.0 Å². The van der Waals surface area contributed by atoms with Gasteiger partial charge < -0.3 is 10.1 Å². The van der Waals surface area contributed by atoms with Crippen molar-refractivity contribution in [1.82, 2.24) is 5.32 Å². The predicted octanol–water partition coefficient (Wildman–Crippen LogP) is 5.68. The number of carbonyl (C=O) groups is 1. The van der Waals surface area contributed by atoms with Crippen LogP contribution in [0.3, 0.4) is 0 Å². The minimum Gasteiger partial charge on any atom is -0.449 e. The first-order valence-electron chi connectivity index (χ1n) is 10.2. The molecule has 0 aliphatic heterocycles. The van der Waals surface area contributed by atoms with Crippen LogP contribution in [0.2, 0.25) is 0 Å². The van der Waals surface area contributed by atoms with Crippen LogP contribution in [0.1, 0.15) is 29.0 Å². The van der Waals surface area contributed by atoms with Crippen molar-refractivity contribution in [2.45, 2.75) is 12.3 Å². The topological polar surface area (TPSA) is 81.5 Å². The van der Waals surface area contributed by atoms with Gasteiger partial charge in [0.2, 0.25) is 5.82 Å². The van der Waals surface area contributed by atoms with Gasteiger partial charge in [0.05, 0.1) is 4.92 Å². The zero-order chi connectivity index (χ0) is 22.5. The summed E-state index contributed by atoms with van der Waals surface area (Å²) in [6.07, 6.45) is 3.00. The minimum absolute atomic E-state index is 0.00936. The number of nitro benzene ring substituents is 1. The van der Waals surface area contributed by atoms with Crippen LogP contribution < -0.4 is 5.32 Å². The standard InChI is InChI=1S/C25H21FN2O4/c26-24-17(9-7-14-23(24)28(30)31)8-5-6-15-27-25(29)32-16-22-20-12-3-1-10-18(20)19-11-2-4-13-21(19)22/h1-5,7-14,22H,6,15-16H2,(H,27,29). The van der Waals surface area contributed by atoms with Gasteiger partial charge in [0.25, 0.3) is 0 Å². The monoisotopic (exact) mass is 432 g/mol. The van der Waals surface area contributed by atoms with Gasteiger partial charge in [-0.25, -0.2) is 4.79 Å². The highest BCUT2D eigenvalue weighted by atomic mass is 19.1. The molecule has 6 nitrogen and oxygen atoms in total.